The topological polar surface area (TPSA) is 67.4 Å². The Kier molecular flexibility index (Phi) is 6.17. The van der Waals surface area contributed by atoms with Gasteiger partial charge in [0.2, 0.25) is 11.7 Å². The number of carbonyl (C=O) groups is 1. The van der Waals surface area contributed by atoms with Crippen LogP contribution < -0.4 is 4.90 Å². The minimum Gasteiger partial charge on any atom is -0.461 e. The number of aryl methyl sites for hydroxylation is 1. The van der Waals surface area contributed by atoms with Crippen LogP contribution in [0.25, 0.3) is 17.3 Å². The molecule has 0 saturated carbocycles. The van der Waals surface area contributed by atoms with Crippen molar-refractivity contribution in [2.24, 2.45) is 0 Å². The molecule has 0 radical (unpaired) electrons. The van der Waals surface area contributed by atoms with E-state index in [1.807, 2.05) is 64.1 Å². The first-order valence-corrected chi connectivity index (χ1v) is 11.9. The zero-order valence-electron chi connectivity index (χ0n) is 18.4. The van der Waals surface area contributed by atoms with Crippen LogP contribution in [0.4, 0.5) is 5.69 Å². The standard InChI is InChI=1S/C25H25N5O2S/c1-19-9-11-21(12-10-19)30-24(22-8-5-17-32-22)26-27-25(30)33-18-23(31)29-15-13-28(14-16-29)20-6-3-2-4-7-20/h2-12,17H,13-16,18H2,1H3. The smallest absolute Gasteiger partial charge is 0.233 e. The van der Waals surface area contributed by atoms with Gasteiger partial charge in [0.25, 0.3) is 0 Å². The molecule has 5 rings (SSSR count). The summed E-state index contributed by atoms with van der Waals surface area (Å²) in [6.07, 6.45) is 1.62. The molecule has 0 bridgehead atoms. The molecule has 8 heteroatoms. The van der Waals surface area contributed by atoms with E-state index >= 15 is 0 Å². The van der Waals surface area contributed by atoms with Crippen molar-refractivity contribution in [3.05, 3.63) is 78.6 Å². The van der Waals surface area contributed by atoms with E-state index < -0.39 is 0 Å². The molecule has 1 amide bonds. The molecule has 0 unspecified atom stereocenters. The van der Waals surface area contributed by atoms with Crippen molar-refractivity contribution in [1.82, 2.24) is 19.7 Å². The summed E-state index contributed by atoms with van der Waals surface area (Å²) >= 11 is 1.41. The molecule has 3 heterocycles. The molecule has 2 aromatic heterocycles. The first kappa shape index (κ1) is 21.3. The lowest BCUT2D eigenvalue weighted by Crippen LogP contribution is -2.49. The van der Waals surface area contributed by atoms with Gasteiger partial charge in [-0.25, -0.2) is 0 Å². The average Bonchev–Trinajstić information content (AvgIpc) is 3.54. The summed E-state index contributed by atoms with van der Waals surface area (Å²) in [5, 5.41) is 9.40. The molecule has 1 saturated heterocycles. The number of hydrogen-bond donors (Lipinski definition) is 0. The maximum atomic E-state index is 13.0. The van der Waals surface area contributed by atoms with Crippen LogP contribution in [0.1, 0.15) is 5.56 Å². The number of rotatable bonds is 6. The monoisotopic (exact) mass is 459 g/mol. The molecule has 1 aliphatic heterocycles. The summed E-state index contributed by atoms with van der Waals surface area (Å²) < 4.78 is 7.52. The number of nitrogens with zero attached hydrogens (tertiary/aromatic N) is 5. The van der Waals surface area contributed by atoms with Gasteiger partial charge in [0.15, 0.2) is 10.9 Å². The first-order valence-electron chi connectivity index (χ1n) is 11.0. The molecular weight excluding hydrogens is 434 g/mol. The van der Waals surface area contributed by atoms with Crippen LogP contribution in [0.2, 0.25) is 0 Å². The van der Waals surface area contributed by atoms with Gasteiger partial charge in [0, 0.05) is 37.6 Å². The van der Waals surface area contributed by atoms with Crippen molar-refractivity contribution in [3.63, 3.8) is 0 Å². The third kappa shape index (κ3) is 4.66. The predicted octanol–water partition coefficient (Wildman–Crippen LogP) is 4.28. The van der Waals surface area contributed by atoms with E-state index in [2.05, 4.69) is 34.2 Å². The minimum atomic E-state index is 0.116. The van der Waals surface area contributed by atoms with Crippen LogP contribution in [0, 0.1) is 6.92 Å². The van der Waals surface area contributed by atoms with Crippen LogP contribution in [-0.2, 0) is 4.79 Å². The predicted molar refractivity (Wildman–Crippen MR) is 130 cm³/mol. The van der Waals surface area contributed by atoms with Crippen molar-refractivity contribution in [3.8, 4) is 17.3 Å². The number of aromatic nitrogens is 3. The van der Waals surface area contributed by atoms with E-state index in [1.54, 1.807) is 6.26 Å². The lowest BCUT2D eigenvalue weighted by Gasteiger charge is -2.36. The third-order valence-electron chi connectivity index (χ3n) is 5.75. The van der Waals surface area contributed by atoms with Gasteiger partial charge in [-0.05, 0) is 43.3 Å². The molecule has 1 fully saturated rings. The summed E-state index contributed by atoms with van der Waals surface area (Å²) in [7, 11) is 0. The molecule has 1 aliphatic rings. The maximum absolute atomic E-state index is 13.0. The van der Waals surface area contributed by atoms with Crippen LogP contribution in [0.5, 0.6) is 0 Å². The summed E-state index contributed by atoms with van der Waals surface area (Å²) in [4.78, 5) is 17.2. The van der Waals surface area contributed by atoms with Crippen molar-refractivity contribution < 1.29 is 9.21 Å². The molecule has 4 aromatic rings. The van der Waals surface area contributed by atoms with E-state index in [4.69, 9.17) is 4.42 Å². The van der Waals surface area contributed by atoms with Gasteiger partial charge in [-0.15, -0.1) is 10.2 Å². The Balaban J connectivity index is 1.28. The molecule has 0 atom stereocenters. The molecule has 0 spiro atoms. The largest absolute Gasteiger partial charge is 0.461 e. The van der Waals surface area contributed by atoms with E-state index in [1.165, 1.54) is 23.0 Å². The highest BCUT2D eigenvalue weighted by Crippen LogP contribution is 2.28. The molecule has 168 valence electrons. The fourth-order valence-electron chi connectivity index (χ4n) is 3.93. The number of benzene rings is 2. The van der Waals surface area contributed by atoms with Crippen molar-refractivity contribution in [2.45, 2.75) is 12.1 Å². The molecule has 0 N–H and O–H groups in total. The third-order valence-corrected chi connectivity index (χ3v) is 6.66. The zero-order chi connectivity index (χ0) is 22.6. The van der Waals surface area contributed by atoms with Gasteiger partial charge < -0.3 is 14.2 Å². The van der Waals surface area contributed by atoms with E-state index in [0.717, 1.165) is 31.9 Å². The molecule has 2 aromatic carbocycles. The van der Waals surface area contributed by atoms with Gasteiger partial charge >= 0.3 is 0 Å². The van der Waals surface area contributed by atoms with Crippen LogP contribution in [-0.4, -0.2) is 57.5 Å². The number of carbonyl (C=O) groups excluding carboxylic acids is 1. The Bertz CT molecular complexity index is 1200. The van der Waals surface area contributed by atoms with E-state index in [0.29, 0.717) is 22.5 Å². The van der Waals surface area contributed by atoms with Crippen LogP contribution in [0.3, 0.4) is 0 Å². The van der Waals surface area contributed by atoms with E-state index in [9.17, 15) is 4.79 Å². The van der Waals surface area contributed by atoms with Gasteiger partial charge in [-0.2, -0.15) is 0 Å². The Labute approximate surface area is 197 Å². The van der Waals surface area contributed by atoms with Crippen molar-refractivity contribution >= 4 is 23.4 Å². The Morgan fingerprint density at radius 3 is 2.36 bits per heavy atom. The Morgan fingerprint density at radius 1 is 0.909 bits per heavy atom. The quantitative estimate of drug-likeness (QED) is 0.401. The minimum absolute atomic E-state index is 0.116. The van der Waals surface area contributed by atoms with Gasteiger partial charge in [-0.1, -0.05) is 47.7 Å². The van der Waals surface area contributed by atoms with Crippen molar-refractivity contribution in [1.29, 1.82) is 0 Å². The normalized spacial score (nSPS) is 14.0. The van der Waals surface area contributed by atoms with Crippen LogP contribution in [0.15, 0.2) is 82.6 Å². The summed E-state index contributed by atoms with van der Waals surface area (Å²) in [6, 6.07) is 22.2. The Morgan fingerprint density at radius 2 is 1.67 bits per heavy atom. The SMILES string of the molecule is Cc1ccc(-n2c(SCC(=O)N3CCN(c4ccccc4)CC3)nnc2-c2ccco2)cc1. The average molecular weight is 460 g/mol. The number of anilines is 1. The Hall–Kier alpha value is -3.52. The second-order valence-electron chi connectivity index (χ2n) is 7.95. The molecule has 33 heavy (non-hydrogen) atoms. The number of furan rings is 1. The highest BCUT2D eigenvalue weighted by atomic mass is 32.2. The van der Waals surface area contributed by atoms with Gasteiger partial charge in [0.05, 0.1) is 12.0 Å². The van der Waals surface area contributed by atoms with Gasteiger partial charge in [-0.3, -0.25) is 9.36 Å². The lowest BCUT2D eigenvalue weighted by molar-refractivity contribution is -0.128. The number of amides is 1. The van der Waals surface area contributed by atoms with Gasteiger partial charge in [0.1, 0.15) is 0 Å². The highest BCUT2D eigenvalue weighted by molar-refractivity contribution is 7.99. The molecule has 7 nitrogen and oxygen atoms in total. The summed E-state index contributed by atoms with van der Waals surface area (Å²) in [5.74, 6) is 1.69. The van der Waals surface area contributed by atoms with E-state index in [-0.39, 0.29) is 5.91 Å². The number of para-hydroxylation sites is 1. The maximum Gasteiger partial charge on any atom is 0.233 e. The second-order valence-corrected chi connectivity index (χ2v) is 8.89. The fraction of sp³-hybridized carbons (Fsp3) is 0.240. The molecular formula is C25H25N5O2S. The fourth-order valence-corrected chi connectivity index (χ4v) is 4.78. The number of hydrogen-bond acceptors (Lipinski definition) is 6. The first-order chi connectivity index (χ1) is 16.2. The zero-order valence-corrected chi connectivity index (χ0v) is 19.2. The number of piperazine rings is 1. The second kappa shape index (κ2) is 9.54. The highest BCUT2D eigenvalue weighted by Gasteiger charge is 2.23. The molecule has 0 aliphatic carbocycles. The van der Waals surface area contributed by atoms with Crippen LogP contribution >= 0.6 is 11.8 Å². The lowest BCUT2D eigenvalue weighted by atomic mass is 10.2. The number of thioether (sulfide) groups is 1. The summed E-state index contributed by atoms with van der Waals surface area (Å²) in [6.45, 7) is 5.16. The summed E-state index contributed by atoms with van der Waals surface area (Å²) in [5.41, 5.74) is 3.31. The van der Waals surface area contributed by atoms with Crippen molar-refractivity contribution in [2.75, 3.05) is 36.8 Å².